The van der Waals surface area contributed by atoms with E-state index >= 15 is 0 Å². The quantitative estimate of drug-likeness (QED) is 0.747. The molecule has 0 radical (unpaired) electrons. The van der Waals surface area contributed by atoms with Gasteiger partial charge in [-0.15, -0.1) is 0 Å². The summed E-state index contributed by atoms with van der Waals surface area (Å²) in [4.78, 5) is 12.8. The molecule has 0 aromatic heterocycles. The smallest absolute Gasteiger partial charge is 0.243 e. The lowest BCUT2D eigenvalue weighted by atomic mass is 9.99. The number of hydrogen-bond acceptors (Lipinski definition) is 5. The number of rotatable bonds is 6. The predicted octanol–water partition coefficient (Wildman–Crippen LogP) is 3.40. The number of piperidine rings is 1. The van der Waals surface area contributed by atoms with Gasteiger partial charge in [-0.25, -0.2) is 8.42 Å². The van der Waals surface area contributed by atoms with Crippen LogP contribution in [0.5, 0.6) is 11.5 Å². The van der Waals surface area contributed by atoms with Crippen LogP contribution in [0.3, 0.4) is 0 Å². The molecule has 2 aromatic rings. The molecule has 7 nitrogen and oxygen atoms in total. The maximum absolute atomic E-state index is 13.1. The maximum atomic E-state index is 13.1. The number of carbonyl (C=O) groups excluding carboxylic acids is 1. The van der Waals surface area contributed by atoms with E-state index in [2.05, 4.69) is 5.32 Å². The van der Waals surface area contributed by atoms with Crippen LogP contribution in [0, 0.1) is 5.92 Å². The minimum atomic E-state index is -3.77. The van der Waals surface area contributed by atoms with Crippen molar-refractivity contribution in [1.82, 2.24) is 4.31 Å². The molecule has 1 atom stereocenters. The molecule has 0 aliphatic carbocycles. The molecule has 0 saturated carbocycles. The monoisotopic (exact) mass is 438 g/mol. The van der Waals surface area contributed by atoms with Crippen LogP contribution in [0.2, 0.25) is 5.02 Å². The number of carbonyl (C=O) groups is 1. The van der Waals surface area contributed by atoms with Gasteiger partial charge in [0.2, 0.25) is 15.9 Å². The third-order valence-electron chi connectivity index (χ3n) is 4.84. The normalized spacial score (nSPS) is 17.6. The first-order chi connectivity index (χ1) is 13.8. The average molecular weight is 439 g/mol. The number of anilines is 1. The third-order valence-corrected chi connectivity index (χ3v) is 6.94. The maximum Gasteiger partial charge on any atom is 0.243 e. The lowest BCUT2D eigenvalue weighted by Gasteiger charge is -2.31. The Kier molecular flexibility index (Phi) is 6.66. The van der Waals surface area contributed by atoms with E-state index in [0.717, 1.165) is 0 Å². The van der Waals surface area contributed by atoms with Gasteiger partial charge in [-0.1, -0.05) is 17.7 Å². The van der Waals surface area contributed by atoms with Gasteiger partial charge in [-0.3, -0.25) is 4.79 Å². The Labute approximate surface area is 175 Å². The van der Waals surface area contributed by atoms with Gasteiger partial charge in [0.05, 0.1) is 25.0 Å². The lowest BCUT2D eigenvalue weighted by Crippen LogP contribution is -2.43. The SMILES string of the molecule is COc1ccc(S(=O)(=O)N2CCC[C@H](C(=O)Nc3cccc(Cl)c3)C2)cc1OC. The Morgan fingerprint density at radius 2 is 1.90 bits per heavy atom. The summed E-state index contributed by atoms with van der Waals surface area (Å²) in [6.07, 6.45) is 1.21. The van der Waals surface area contributed by atoms with Gasteiger partial charge in [0, 0.05) is 29.9 Å². The highest BCUT2D eigenvalue weighted by molar-refractivity contribution is 7.89. The predicted molar refractivity (Wildman–Crippen MR) is 111 cm³/mol. The summed E-state index contributed by atoms with van der Waals surface area (Å²) in [6, 6.07) is 11.3. The third kappa shape index (κ3) is 4.83. The first-order valence-corrected chi connectivity index (χ1v) is 11.0. The van der Waals surface area contributed by atoms with E-state index in [0.29, 0.717) is 41.6 Å². The van der Waals surface area contributed by atoms with Gasteiger partial charge in [0.25, 0.3) is 0 Å². The average Bonchev–Trinajstić information content (AvgIpc) is 2.73. The van der Waals surface area contributed by atoms with E-state index < -0.39 is 15.9 Å². The number of nitrogens with zero attached hydrogens (tertiary/aromatic N) is 1. The summed E-state index contributed by atoms with van der Waals surface area (Å²) in [7, 11) is -0.833. The zero-order chi connectivity index (χ0) is 21.0. The van der Waals surface area contributed by atoms with Crippen LogP contribution in [-0.2, 0) is 14.8 Å². The Morgan fingerprint density at radius 1 is 1.14 bits per heavy atom. The molecule has 0 spiro atoms. The van der Waals surface area contributed by atoms with Crippen LogP contribution < -0.4 is 14.8 Å². The van der Waals surface area contributed by atoms with Crippen LogP contribution in [0.4, 0.5) is 5.69 Å². The molecular formula is C20H23ClN2O5S. The van der Waals surface area contributed by atoms with Crippen molar-refractivity contribution in [1.29, 1.82) is 0 Å². The van der Waals surface area contributed by atoms with Crippen molar-refractivity contribution in [3.8, 4) is 11.5 Å². The lowest BCUT2D eigenvalue weighted by molar-refractivity contribution is -0.120. The molecular weight excluding hydrogens is 416 g/mol. The molecule has 1 fully saturated rings. The van der Waals surface area contributed by atoms with Gasteiger partial charge >= 0.3 is 0 Å². The molecule has 2 aromatic carbocycles. The number of nitrogens with one attached hydrogen (secondary N) is 1. The number of sulfonamides is 1. The molecule has 156 valence electrons. The second-order valence-electron chi connectivity index (χ2n) is 6.72. The van der Waals surface area contributed by atoms with Gasteiger partial charge in [-0.05, 0) is 43.2 Å². The molecule has 0 bridgehead atoms. The number of hydrogen-bond donors (Lipinski definition) is 1. The van der Waals surface area contributed by atoms with Crippen LogP contribution in [-0.4, -0.2) is 45.9 Å². The molecule has 1 N–H and O–H groups in total. The fraction of sp³-hybridized carbons (Fsp3) is 0.350. The van der Waals surface area contributed by atoms with Crippen LogP contribution in [0.1, 0.15) is 12.8 Å². The van der Waals surface area contributed by atoms with E-state index in [1.807, 2.05) is 0 Å². The molecule has 1 saturated heterocycles. The van der Waals surface area contributed by atoms with E-state index in [1.54, 1.807) is 30.3 Å². The molecule has 29 heavy (non-hydrogen) atoms. The fourth-order valence-electron chi connectivity index (χ4n) is 3.31. The van der Waals surface area contributed by atoms with Crippen molar-refractivity contribution < 1.29 is 22.7 Å². The summed E-state index contributed by atoms with van der Waals surface area (Å²) in [5.41, 5.74) is 0.586. The number of ether oxygens (including phenoxy) is 2. The van der Waals surface area contributed by atoms with Crippen molar-refractivity contribution in [2.45, 2.75) is 17.7 Å². The van der Waals surface area contributed by atoms with Gasteiger partial charge in [-0.2, -0.15) is 4.31 Å². The fourth-order valence-corrected chi connectivity index (χ4v) is 5.04. The Bertz CT molecular complexity index is 996. The topological polar surface area (TPSA) is 84.9 Å². The van der Waals surface area contributed by atoms with Crippen LogP contribution in [0.15, 0.2) is 47.4 Å². The van der Waals surface area contributed by atoms with E-state index in [-0.39, 0.29) is 17.3 Å². The summed E-state index contributed by atoms with van der Waals surface area (Å²) < 4.78 is 37.9. The van der Waals surface area contributed by atoms with Crippen molar-refractivity contribution in [2.24, 2.45) is 5.92 Å². The first-order valence-electron chi connectivity index (χ1n) is 9.13. The molecule has 1 heterocycles. The van der Waals surface area contributed by atoms with E-state index in [9.17, 15) is 13.2 Å². The van der Waals surface area contributed by atoms with Crippen molar-refractivity contribution >= 4 is 33.2 Å². The summed E-state index contributed by atoms with van der Waals surface area (Å²) in [5.74, 6) is 0.113. The summed E-state index contributed by atoms with van der Waals surface area (Å²) in [5, 5.41) is 3.33. The Balaban J connectivity index is 1.76. The summed E-state index contributed by atoms with van der Waals surface area (Å²) in [6.45, 7) is 0.473. The molecule has 3 rings (SSSR count). The zero-order valence-corrected chi connectivity index (χ0v) is 17.8. The number of methoxy groups -OCH3 is 2. The van der Waals surface area contributed by atoms with E-state index in [4.69, 9.17) is 21.1 Å². The number of benzene rings is 2. The molecule has 1 aliphatic rings. The first kappa shape index (κ1) is 21.4. The molecule has 0 unspecified atom stereocenters. The highest BCUT2D eigenvalue weighted by Gasteiger charge is 2.33. The van der Waals surface area contributed by atoms with Crippen LogP contribution in [0.25, 0.3) is 0 Å². The number of amides is 1. The largest absolute Gasteiger partial charge is 0.493 e. The van der Waals surface area contributed by atoms with Crippen molar-refractivity contribution in [2.75, 3.05) is 32.6 Å². The standard InChI is InChI=1S/C20H23ClN2O5S/c1-27-18-9-8-17(12-19(18)28-2)29(25,26)23-10-4-5-14(13-23)20(24)22-16-7-3-6-15(21)11-16/h3,6-9,11-12,14H,4-5,10,13H2,1-2H3,(H,22,24)/t14-/m0/s1. The second-order valence-corrected chi connectivity index (χ2v) is 9.09. The van der Waals surface area contributed by atoms with Gasteiger partial charge in [0.1, 0.15) is 0 Å². The van der Waals surface area contributed by atoms with Crippen molar-refractivity contribution in [3.05, 3.63) is 47.5 Å². The van der Waals surface area contributed by atoms with Gasteiger partial charge in [0.15, 0.2) is 11.5 Å². The Morgan fingerprint density at radius 3 is 2.59 bits per heavy atom. The Hall–Kier alpha value is -2.29. The summed E-state index contributed by atoms with van der Waals surface area (Å²) >= 11 is 5.95. The van der Waals surface area contributed by atoms with Crippen molar-refractivity contribution in [3.63, 3.8) is 0 Å². The minimum absolute atomic E-state index is 0.103. The molecule has 9 heteroatoms. The zero-order valence-electron chi connectivity index (χ0n) is 16.2. The minimum Gasteiger partial charge on any atom is -0.493 e. The highest BCUT2D eigenvalue weighted by Crippen LogP contribution is 2.32. The number of halogens is 1. The molecule has 1 amide bonds. The highest BCUT2D eigenvalue weighted by atomic mass is 35.5. The van der Waals surface area contributed by atoms with E-state index in [1.165, 1.54) is 30.7 Å². The van der Waals surface area contributed by atoms with Crippen LogP contribution >= 0.6 is 11.6 Å². The molecule has 1 aliphatic heterocycles. The van der Waals surface area contributed by atoms with Gasteiger partial charge < -0.3 is 14.8 Å². The second kappa shape index (κ2) is 9.02.